The van der Waals surface area contributed by atoms with Gasteiger partial charge >= 0.3 is 0 Å². The molecule has 0 radical (unpaired) electrons. The summed E-state index contributed by atoms with van der Waals surface area (Å²) in [6.45, 7) is 2.45. The van der Waals surface area contributed by atoms with Crippen LogP contribution in [0.1, 0.15) is 36.9 Å². The van der Waals surface area contributed by atoms with E-state index in [4.69, 9.17) is 4.74 Å². The lowest BCUT2D eigenvalue weighted by Crippen LogP contribution is -2.28. The highest BCUT2D eigenvalue weighted by molar-refractivity contribution is 5.86. The molecule has 3 nitrogen and oxygen atoms in total. The molecule has 3 aliphatic rings. The van der Waals surface area contributed by atoms with Crippen LogP contribution in [0.4, 0.5) is 0 Å². The lowest BCUT2D eigenvalue weighted by molar-refractivity contribution is 0.277. The second-order valence-electron chi connectivity index (χ2n) is 6.87. The third kappa shape index (κ3) is 2.24. The molecule has 1 aromatic heterocycles. The monoisotopic (exact) mass is 282 g/mol. The molecule has 21 heavy (non-hydrogen) atoms. The first kappa shape index (κ1) is 12.1. The van der Waals surface area contributed by atoms with Crippen molar-refractivity contribution in [2.75, 3.05) is 13.1 Å². The van der Waals surface area contributed by atoms with Crippen LogP contribution >= 0.6 is 0 Å². The van der Waals surface area contributed by atoms with Gasteiger partial charge in [0.2, 0.25) is 0 Å². The topological polar surface area (TPSA) is 28.3 Å². The van der Waals surface area contributed by atoms with Crippen LogP contribution < -0.4 is 4.74 Å². The number of aromatic amines is 1. The summed E-state index contributed by atoms with van der Waals surface area (Å²) in [5.74, 6) is 1.03. The summed E-state index contributed by atoms with van der Waals surface area (Å²) in [6, 6.07) is 7.49. The molecule has 3 heteroatoms. The van der Waals surface area contributed by atoms with E-state index in [0.29, 0.717) is 6.10 Å². The van der Waals surface area contributed by atoms with Gasteiger partial charge in [0.25, 0.3) is 0 Å². The van der Waals surface area contributed by atoms with Crippen molar-refractivity contribution in [2.24, 2.45) is 0 Å². The summed E-state index contributed by atoms with van der Waals surface area (Å²) in [5, 5.41) is 1.41. The number of ether oxygens (including phenoxy) is 1. The fraction of sp³-hybridized carbons (Fsp3) is 0.556. The van der Waals surface area contributed by atoms with Crippen molar-refractivity contribution in [3.8, 4) is 5.75 Å². The highest BCUT2D eigenvalue weighted by Crippen LogP contribution is 2.34. The quantitative estimate of drug-likeness (QED) is 0.936. The molecule has 5 rings (SSSR count). The van der Waals surface area contributed by atoms with Gasteiger partial charge in [-0.1, -0.05) is 0 Å². The van der Waals surface area contributed by atoms with Gasteiger partial charge in [0.05, 0.1) is 6.10 Å². The normalized spacial score (nSPS) is 23.0. The van der Waals surface area contributed by atoms with E-state index in [0.717, 1.165) is 11.8 Å². The number of aromatic nitrogens is 1. The molecule has 0 atom stereocenters. The maximum atomic E-state index is 5.92. The van der Waals surface area contributed by atoms with Crippen molar-refractivity contribution >= 4 is 10.9 Å². The van der Waals surface area contributed by atoms with Crippen LogP contribution in [0, 0.1) is 0 Å². The second-order valence-corrected chi connectivity index (χ2v) is 6.87. The van der Waals surface area contributed by atoms with Crippen LogP contribution in [0.5, 0.6) is 5.75 Å². The number of hydrogen-bond donors (Lipinski definition) is 1. The standard InChI is InChI=1S/C18H22N2O/c1-2-12(1)20-9-7-16-15-6-5-14(21-13-3-4-13)11-18(15)19-17(16)8-10-20/h5-6,11-13,19H,1-4,7-10H2. The molecule has 2 aliphatic carbocycles. The molecule has 2 saturated carbocycles. The van der Waals surface area contributed by atoms with Gasteiger partial charge in [-0.15, -0.1) is 0 Å². The predicted molar refractivity (Wildman–Crippen MR) is 84.0 cm³/mol. The van der Waals surface area contributed by atoms with Gasteiger partial charge in [-0.2, -0.15) is 0 Å². The van der Waals surface area contributed by atoms with Gasteiger partial charge in [-0.05, 0) is 49.8 Å². The predicted octanol–water partition coefficient (Wildman–Crippen LogP) is 3.27. The van der Waals surface area contributed by atoms with Crippen LogP contribution in [-0.4, -0.2) is 35.1 Å². The Hall–Kier alpha value is -1.48. The highest BCUT2D eigenvalue weighted by Gasteiger charge is 2.30. The number of H-pyrrole nitrogens is 1. The zero-order chi connectivity index (χ0) is 13.8. The lowest BCUT2D eigenvalue weighted by Gasteiger charge is -2.18. The average molecular weight is 282 g/mol. The van der Waals surface area contributed by atoms with Gasteiger partial charge in [0.1, 0.15) is 5.75 Å². The molecule has 0 amide bonds. The fourth-order valence-corrected chi connectivity index (χ4v) is 3.67. The Morgan fingerprint density at radius 1 is 1.05 bits per heavy atom. The van der Waals surface area contributed by atoms with Crippen molar-refractivity contribution in [2.45, 2.75) is 50.7 Å². The first-order chi connectivity index (χ1) is 10.4. The summed E-state index contributed by atoms with van der Waals surface area (Å²) in [6.07, 6.45) is 8.09. The van der Waals surface area contributed by atoms with Crippen LogP contribution in [0.25, 0.3) is 10.9 Å². The number of nitrogens with zero attached hydrogens (tertiary/aromatic N) is 1. The van der Waals surface area contributed by atoms with Crippen LogP contribution in [0.15, 0.2) is 18.2 Å². The Bertz CT molecular complexity index is 682. The minimum atomic E-state index is 0.474. The third-order valence-corrected chi connectivity index (χ3v) is 5.15. The third-order valence-electron chi connectivity index (χ3n) is 5.15. The number of benzene rings is 1. The van der Waals surface area contributed by atoms with E-state index >= 15 is 0 Å². The maximum Gasteiger partial charge on any atom is 0.121 e. The molecule has 0 bridgehead atoms. The highest BCUT2D eigenvalue weighted by atomic mass is 16.5. The number of nitrogens with one attached hydrogen (secondary N) is 1. The van der Waals surface area contributed by atoms with E-state index in [9.17, 15) is 0 Å². The molecule has 0 spiro atoms. The Morgan fingerprint density at radius 3 is 2.71 bits per heavy atom. The van der Waals surface area contributed by atoms with Crippen molar-refractivity contribution in [1.29, 1.82) is 0 Å². The van der Waals surface area contributed by atoms with Gasteiger partial charge in [-0.3, -0.25) is 4.90 Å². The van der Waals surface area contributed by atoms with Crippen LogP contribution in [0.3, 0.4) is 0 Å². The van der Waals surface area contributed by atoms with Gasteiger partial charge in [0, 0.05) is 48.2 Å². The molecular formula is C18H22N2O. The van der Waals surface area contributed by atoms with E-state index in [2.05, 4.69) is 28.1 Å². The van der Waals surface area contributed by atoms with Crippen molar-refractivity contribution < 1.29 is 4.74 Å². The molecule has 2 aromatic rings. The van der Waals surface area contributed by atoms with E-state index < -0.39 is 0 Å². The van der Waals surface area contributed by atoms with Gasteiger partial charge in [-0.25, -0.2) is 0 Å². The van der Waals surface area contributed by atoms with Crippen molar-refractivity contribution in [3.05, 3.63) is 29.5 Å². The van der Waals surface area contributed by atoms with Gasteiger partial charge < -0.3 is 9.72 Å². The molecule has 2 fully saturated rings. The van der Waals surface area contributed by atoms with E-state index in [1.807, 2.05) is 0 Å². The molecule has 1 aromatic carbocycles. The zero-order valence-electron chi connectivity index (χ0n) is 12.4. The summed E-state index contributed by atoms with van der Waals surface area (Å²) in [4.78, 5) is 6.35. The van der Waals surface area contributed by atoms with Crippen LogP contribution in [-0.2, 0) is 12.8 Å². The van der Waals surface area contributed by atoms with E-state index in [1.54, 1.807) is 5.56 Å². The van der Waals surface area contributed by atoms with E-state index in [1.165, 1.54) is 68.2 Å². The Morgan fingerprint density at radius 2 is 1.90 bits per heavy atom. The molecule has 0 saturated heterocycles. The van der Waals surface area contributed by atoms with E-state index in [-0.39, 0.29) is 0 Å². The minimum Gasteiger partial charge on any atom is -0.490 e. The number of rotatable bonds is 3. The molecule has 0 unspecified atom stereocenters. The lowest BCUT2D eigenvalue weighted by atomic mass is 10.1. The fourth-order valence-electron chi connectivity index (χ4n) is 3.67. The molecule has 110 valence electrons. The summed E-state index contributed by atoms with van der Waals surface area (Å²) >= 11 is 0. The Labute approximate surface area is 125 Å². The minimum absolute atomic E-state index is 0.474. The first-order valence-electron chi connectivity index (χ1n) is 8.41. The Kier molecular flexibility index (Phi) is 2.60. The maximum absolute atomic E-state index is 5.92. The molecule has 1 aliphatic heterocycles. The van der Waals surface area contributed by atoms with Gasteiger partial charge in [0.15, 0.2) is 0 Å². The Balaban J connectivity index is 1.45. The van der Waals surface area contributed by atoms with Crippen LogP contribution in [0.2, 0.25) is 0 Å². The zero-order valence-corrected chi connectivity index (χ0v) is 12.4. The second kappa shape index (κ2) is 4.51. The number of fused-ring (bicyclic) bond motifs is 3. The van der Waals surface area contributed by atoms with Crippen molar-refractivity contribution in [3.63, 3.8) is 0 Å². The summed E-state index contributed by atoms with van der Waals surface area (Å²) < 4.78 is 5.92. The number of hydrogen-bond acceptors (Lipinski definition) is 2. The smallest absolute Gasteiger partial charge is 0.121 e. The summed E-state index contributed by atoms with van der Waals surface area (Å²) in [7, 11) is 0. The largest absolute Gasteiger partial charge is 0.490 e. The molecular weight excluding hydrogens is 260 g/mol. The average Bonchev–Trinajstić information content (AvgIpc) is 3.34. The van der Waals surface area contributed by atoms with Crippen molar-refractivity contribution in [1.82, 2.24) is 9.88 Å². The SMILES string of the molecule is c1cc2c3c([nH]c2cc1OC1CC1)CCN(C1CC1)CC3. The summed E-state index contributed by atoms with van der Waals surface area (Å²) in [5.41, 5.74) is 4.26. The molecule has 2 heterocycles. The molecule has 1 N–H and O–H groups in total. The first-order valence-corrected chi connectivity index (χ1v) is 8.41.